The van der Waals surface area contributed by atoms with E-state index in [9.17, 15) is 15.3 Å². The van der Waals surface area contributed by atoms with Crippen LogP contribution in [0.3, 0.4) is 0 Å². The Bertz CT molecular complexity index is 854. The Balaban J connectivity index is 1.85. The summed E-state index contributed by atoms with van der Waals surface area (Å²) in [6.45, 7) is 12.8. The zero-order valence-electron chi connectivity index (χ0n) is 19.2. The fourth-order valence-electron chi connectivity index (χ4n) is 5.99. The van der Waals surface area contributed by atoms with E-state index in [2.05, 4.69) is 62.5 Å². The van der Waals surface area contributed by atoms with Crippen molar-refractivity contribution in [3.8, 4) is 12.1 Å². The molecule has 0 heterocycles. The summed E-state index contributed by atoms with van der Waals surface area (Å²) < 4.78 is 0. The van der Waals surface area contributed by atoms with Crippen molar-refractivity contribution in [1.29, 1.82) is 10.5 Å². The first-order valence-electron chi connectivity index (χ1n) is 11.2. The zero-order chi connectivity index (χ0) is 22.3. The van der Waals surface area contributed by atoms with Gasteiger partial charge in [0.25, 0.3) is 0 Å². The van der Waals surface area contributed by atoms with Gasteiger partial charge in [-0.05, 0) is 41.1 Å². The van der Waals surface area contributed by atoms with Gasteiger partial charge in [-0.15, -0.1) is 0 Å². The van der Waals surface area contributed by atoms with Crippen LogP contribution in [-0.2, 0) is 10.2 Å². The van der Waals surface area contributed by atoms with Gasteiger partial charge in [0, 0.05) is 12.0 Å². The number of hydrogen-bond donors (Lipinski definition) is 1. The molecule has 1 N–H and O–H groups in total. The van der Waals surface area contributed by atoms with E-state index in [1.54, 1.807) is 0 Å². The molecule has 1 aromatic rings. The molecule has 160 valence electrons. The van der Waals surface area contributed by atoms with Crippen LogP contribution in [0.2, 0.25) is 0 Å². The van der Waals surface area contributed by atoms with Crippen molar-refractivity contribution in [1.82, 2.24) is 5.32 Å². The molecule has 4 nitrogen and oxygen atoms in total. The molecular weight excluding hydrogens is 370 g/mol. The highest BCUT2D eigenvalue weighted by molar-refractivity contribution is 5.86. The number of hydrogen-bond acceptors (Lipinski definition) is 3. The van der Waals surface area contributed by atoms with Crippen molar-refractivity contribution in [3.05, 3.63) is 35.9 Å². The van der Waals surface area contributed by atoms with Crippen LogP contribution < -0.4 is 5.32 Å². The first-order chi connectivity index (χ1) is 14.0. The summed E-state index contributed by atoms with van der Waals surface area (Å²) in [4.78, 5) is 13.4. The van der Waals surface area contributed by atoms with Crippen molar-refractivity contribution in [3.63, 3.8) is 0 Å². The number of nitrogens with one attached hydrogen (secondary N) is 1. The van der Waals surface area contributed by atoms with Crippen molar-refractivity contribution >= 4 is 5.91 Å². The van der Waals surface area contributed by atoms with Gasteiger partial charge in [0.05, 0.1) is 18.1 Å². The monoisotopic (exact) mass is 405 g/mol. The second-order valence-corrected chi connectivity index (χ2v) is 11.1. The Kier molecular flexibility index (Phi) is 5.76. The number of benzene rings is 1. The summed E-state index contributed by atoms with van der Waals surface area (Å²) in [5.41, 5.74) is -0.261. The summed E-state index contributed by atoms with van der Waals surface area (Å²) in [5, 5.41) is 22.8. The number of carbonyl (C=O) groups is 1. The third-order valence-electron chi connectivity index (χ3n) is 7.68. The van der Waals surface area contributed by atoms with Crippen molar-refractivity contribution in [2.75, 3.05) is 0 Å². The Hall–Kier alpha value is -2.33. The summed E-state index contributed by atoms with van der Waals surface area (Å²) in [7, 11) is 0. The van der Waals surface area contributed by atoms with Gasteiger partial charge < -0.3 is 5.32 Å². The Morgan fingerprint density at radius 2 is 1.67 bits per heavy atom. The molecule has 2 aliphatic carbocycles. The largest absolute Gasteiger partial charge is 0.353 e. The van der Waals surface area contributed by atoms with E-state index in [0.29, 0.717) is 11.8 Å². The molecule has 2 fully saturated rings. The maximum atomic E-state index is 13.4. The van der Waals surface area contributed by atoms with Crippen LogP contribution in [-0.4, -0.2) is 11.9 Å². The molecule has 0 radical (unpaired) electrons. The molecule has 0 saturated heterocycles. The molecule has 0 unspecified atom stereocenters. The highest BCUT2D eigenvalue weighted by Crippen LogP contribution is 2.65. The van der Waals surface area contributed by atoms with Crippen LogP contribution in [0.4, 0.5) is 0 Å². The molecule has 3 rings (SSSR count). The van der Waals surface area contributed by atoms with E-state index < -0.39 is 11.3 Å². The fraction of sp³-hybridized carbons (Fsp3) is 0.654. The SMILES string of the molecule is C[C@@H]1CC[C@@H](C(C)(C)c2ccccc2)[C@H](NC(=O)[C@@H]2[C@@H](C(C)(C)C)C2(C#N)C#N)C1. The zero-order valence-corrected chi connectivity index (χ0v) is 19.2. The third-order valence-corrected chi connectivity index (χ3v) is 7.68. The maximum Gasteiger partial charge on any atom is 0.226 e. The van der Waals surface area contributed by atoms with Gasteiger partial charge in [0.1, 0.15) is 0 Å². The lowest BCUT2D eigenvalue weighted by Crippen LogP contribution is -2.51. The molecule has 0 spiro atoms. The summed E-state index contributed by atoms with van der Waals surface area (Å²) in [5.74, 6) is -0.0457. The van der Waals surface area contributed by atoms with E-state index in [4.69, 9.17) is 0 Å². The standard InChI is InChI=1S/C26H35N3O/c1-17-12-13-19(25(5,6)18-10-8-7-9-11-18)20(14-17)29-23(30)21-22(24(2,3)4)26(21,15-27)16-28/h7-11,17,19-22H,12-14H2,1-6H3,(H,29,30)/t17-,19-,20-,21+,22+/m1/s1. The lowest BCUT2D eigenvalue weighted by atomic mass is 9.63. The maximum absolute atomic E-state index is 13.4. The van der Waals surface area contributed by atoms with Gasteiger partial charge in [0.15, 0.2) is 5.41 Å². The quantitative estimate of drug-likeness (QED) is 0.747. The number of carbonyl (C=O) groups excluding carboxylic acids is 1. The van der Waals surface area contributed by atoms with Crippen molar-refractivity contribution < 1.29 is 4.79 Å². The molecule has 1 aromatic carbocycles. The predicted molar refractivity (Wildman–Crippen MR) is 118 cm³/mol. The van der Waals surface area contributed by atoms with E-state index in [1.807, 2.05) is 26.8 Å². The Morgan fingerprint density at radius 1 is 1.07 bits per heavy atom. The topological polar surface area (TPSA) is 76.7 Å². The smallest absolute Gasteiger partial charge is 0.226 e. The molecule has 0 aliphatic heterocycles. The van der Waals surface area contributed by atoms with Crippen LogP contribution in [0.25, 0.3) is 0 Å². The number of amides is 1. The third kappa shape index (κ3) is 3.74. The van der Waals surface area contributed by atoms with E-state index in [1.165, 1.54) is 5.56 Å². The molecule has 5 atom stereocenters. The Labute approximate surface area is 181 Å². The van der Waals surface area contributed by atoms with Gasteiger partial charge in [-0.2, -0.15) is 10.5 Å². The number of nitriles is 2. The highest BCUT2D eigenvalue weighted by Gasteiger charge is 2.73. The summed E-state index contributed by atoms with van der Waals surface area (Å²) >= 11 is 0. The van der Waals surface area contributed by atoms with Crippen molar-refractivity contribution in [2.24, 2.45) is 34.5 Å². The molecule has 2 aliphatic rings. The minimum absolute atomic E-state index is 0.0489. The average molecular weight is 406 g/mol. The second-order valence-electron chi connectivity index (χ2n) is 11.1. The van der Waals surface area contributed by atoms with Crippen LogP contribution in [0.5, 0.6) is 0 Å². The van der Waals surface area contributed by atoms with Gasteiger partial charge in [-0.3, -0.25) is 4.79 Å². The van der Waals surface area contributed by atoms with Crippen LogP contribution in [0.1, 0.15) is 66.4 Å². The molecule has 1 amide bonds. The first-order valence-corrected chi connectivity index (χ1v) is 11.2. The molecule has 30 heavy (non-hydrogen) atoms. The molecular formula is C26H35N3O. The lowest BCUT2D eigenvalue weighted by molar-refractivity contribution is -0.125. The second kappa shape index (κ2) is 7.73. The predicted octanol–water partition coefficient (Wildman–Crippen LogP) is 5.21. The van der Waals surface area contributed by atoms with Gasteiger partial charge >= 0.3 is 0 Å². The average Bonchev–Trinajstić information content (AvgIpc) is 3.39. The molecule has 2 saturated carbocycles. The highest BCUT2D eigenvalue weighted by atomic mass is 16.2. The number of rotatable bonds is 4. The summed E-state index contributed by atoms with van der Waals surface area (Å²) in [6.07, 6.45) is 3.15. The van der Waals surface area contributed by atoms with Gasteiger partial charge in [-0.1, -0.05) is 78.3 Å². The molecule has 0 bridgehead atoms. The van der Waals surface area contributed by atoms with Crippen LogP contribution >= 0.6 is 0 Å². The Morgan fingerprint density at radius 3 is 2.17 bits per heavy atom. The first kappa shape index (κ1) is 22.4. The van der Waals surface area contributed by atoms with Crippen LogP contribution in [0.15, 0.2) is 30.3 Å². The normalized spacial score (nSPS) is 30.6. The minimum Gasteiger partial charge on any atom is -0.353 e. The van der Waals surface area contributed by atoms with Gasteiger partial charge in [-0.25, -0.2) is 0 Å². The lowest BCUT2D eigenvalue weighted by Gasteiger charge is -2.45. The van der Waals surface area contributed by atoms with E-state index in [0.717, 1.165) is 19.3 Å². The summed E-state index contributed by atoms with van der Waals surface area (Å²) in [6, 6.07) is 14.9. The molecule has 0 aromatic heterocycles. The van der Waals surface area contributed by atoms with Crippen LogP contribution in [0, 0.1) is 57.2 Å². The van der Waals surface area contributed by atoms with Gasteiger partial charge in [0.2, 0.25) is 5.91 Å². The van der Waals surface area contributed by atoms with E-state index in [-0.39, 0.29) is 28.7 Å². The fourth-order valence-corrected chi connectivity index (χ4v) is 5.99. The van der Waals surface area contributed by atoms with Crippen molar-refractivity contribution in [2.45, 2.75) is 72.3 Å². The van der Waals surface area contributed by atoms with E-state index >= 15 is 0 Å². The minimum atomic E-state index is -1.20. The number of nitrogens with zero attached hydrogens (tertiary/aromatic N) is 2. The molecule has 4 heteroatoms.